The number of hydrogen-bond acceptors (Lipinski definition) is 4. The van der Waals surface area contributed by atoms with Crippen molar-refractivity contribution in [3.05, 3.63) is 24.3 Å². The van der Waals surface area contributed by atoms with Crippen molar-refractivity contribution < 1.29 is 18.3 Å². The number of anilines is 1. The maximum atomic E-state index is 12.3. The first-order valence-corrected chi connectivity index (χ1v) is 8.87. The van der Waals surface area contributed by atoms with E-state index in [0.29, 0.717) is 25.1 Å². The summed E-state index contributed by atoms with van der Waals surface area (Å²) in [5, 5.41) is 9.66. The van der Waals surface area contributed by atoms with E-state index in [-0.39, 0.29) is 10.6 Å². The van der Waals surface area contributed by atoms with Crippen molar-refractivity contribution in [3.8, 4) is 0 Å². The van der Waals surface area contributed by atoms with Gasteiger partial charge in [-0.2, -0.15) is 0 Å². The molecule has 1 heterocycles. The highest BCUT2D eigenvalue weighted by Crippen LogP contribution is 2.39. The average molecular weight is 311 g/mol. The van der Waals surface area contributed by atoms with Gasteiger partial charge in [-0.05, 0) is 31.4 Å². The Labute approximate surface area is 125 Å². The molecular weight excluding hydrogens is 290 g/mol. The van der Waals surface area contributed by atoms with Gasteiger partial charge in [0.25, 0.3) is 0 Å². The fraction of sp³-hybridized carbons (Fsp3) is 0.533. The molecule has 1 aliphatic rings. The number of carboxylic acids is 1. The smallest absolute Gasteiger partial charge is 0.329 e. The van der Waals surface area contributed by atoms with Gasteiger partial charge in [0, 0.05) is 6.54 Å². The molecule has 0 spiro atoms. The van der Waals surface area contributed by atoms with E-state index in [1.807, 2.05) is 6.92 Å². The molecule has 5 nitrogen and oxygen atoms in total. The van der Waals surface area contributed by atoms with Gasteiger partial charge in [-0.15, -0.1) is 0 Å². The van der Waals surface area contributed by atoms with E-state index in [4.69, 9.17) is 0 Å². The summed E-state index contributed by atoms with van der Waals surface area (Å²) in [6.07, 6.45) is 1.74. The third-order valence-corrected chi connectivity index (χ3v) is 6.12. The number of carboxylic acid groups (broad SMARTS) is 1. The lowest BCUT2D eigenvalue weighted by atomic mass is 9.92. The largest absolute Gasteiger partial charge is 0.479 e. The van der Waals surface area contributed by atoms with E-state index in [1.54, 1.807) is 36.1 Å². The number of hydrogen-bond donors (Lipinski definition) is 1. The Morgan fingerprint density at radius 1 is 1.33 bits per heavy atom. The predicted octanol–water partition coefficient (Wildman–Crippen LogP) is 2.31. The Kier molecular flexibility index (Phi) is 4.27. The predicted molar refractivity (Wildman–Crippen MR) is 81.4 cm³/mol. The molecule has 0 amide bonds. The molecule has 1 aromatic carbocycles. The number of para-hydroxylation sites is 1. The van der Waals surface area contributed by atoms with Crippen molar-refractivity contribution >= 4 is 21.5 Å². The summed E-state index contributed by atoms with van der Waals surface area (Å²) in [7, 11) is -3.38. The van der Waals surface area contributed by atoms with Crippen molar-refractivity contribution in [1.82, 2.24) is 0 Å². The van der Waals surface area contributed by atoms with Crippen LogP contribution in [-0.2, 0) is 14.6 Å². The van der Waals surface area contributed by atoms with Gasteiger partial charge in [-0.3, -0.25) is 0 Å². The highest BCUT2D eigenvalue weighted by atomic mass is 32.2. The van der Waals surface area contributed by atoms with Crippen LogP contribution in [0.4, 0.5) is 5.69 Å². The molecule has 1 aromatic rings. The summed E-state index contributed by atoms with van der Waals surface area (Å²) in [5.74, 6) is -0.879. The van der Waals surface area contributed by atoms with E-state index < -0.39 is 21.3 Å². The minimum atomic E-state index is -3.38. The van der Waals surface area contributed by atoms with Crippen molar-refractivity contribution in [2.24, 2.45) is 0 Å². The van der Waals surface area contributed by atoms with Gasteiger partial charge < -0.3 is 10.0 Å². The van der Waals surface area contributed by atoms with Gasteiger partial charge in [-0.25, -0.2) is 13.2 Å². The molecule has 1 unspecified atom stereocenters. The summed E-state index contributed by atoms with van der Waals surface area (Å²) in [5.41, 5.74) is -0.486. The minimum absolute atomic E-state index is 0.00402. The standard InChI is InChI=1S/C15H21NO4S/c1-3-15(14(17)18)10-7-11-16(15)12-8-5-6-9-13(12)21(19,20)4-2/h5-6,8-9H,3-4,7,10-11H2,1-2H3,(H,17,18). The van der Waals surface area contributed by atoms with Crippen LogP contribution in [0.15, 0.2) is 29.2 Å². The lowest BCUT2D eigenvalue weighted by Gasteiger charge is -2.36. The SMILES string of the molecule is CCC1(C(=O)O)CCCN1c1ccccc1S(=O)(=O)CC. The summed E-state index contributed by atoms with van der Waals surface area (Å²) in [6.45, 7) is 4.00. The van der Waals surface area contributed by atoms with Gasteiger partial charge >= 0.3 is 5.97 Å². The molecule has 0 radical (unpaired) electrons. The van der Waals surface area contributed by atoms with E-state index in [9.17, 15) is 18.3 Å². The molecule has 0 saturated carbocycles. The average Bonchev–Trinajstić information content (AvgIpc) is 2.92. The van der Waals surface area contributed by atoms with Crippen LogP contribution in [0.25, 0.3) is 0 Å². The van der Waals surface area contributed by atoms with Crippen LogP contribution in [0.1, 0.15) is 33.1 Å². The summed E-state index contributed by atoms with van der Waals surface area (Å²) >= 11 is 0. The van der Waals surface area contributed by atoms with Crippen LogP contribution in [0.3, 0.4) is 0 Å². The first kappa shape index (κ1) is 15.8. The lowest BCUT2D eigenvalue weighted by molar-refractivity contribution is -0.143. The number of aliphatic carboxylic acids is 1. The van der Waals surface area contributed by atoms with Crippen LogP contribution in [-0.4, -0.2) is 37.3 Å². The molecule has 2 rings (SSSR count). The molecule has 21 heavy (non-hydrogen) atoms. The zero-order valence-corrected chi connectivity index (χ0v) is 13.2. The number of carbonyl (C=O) groups is 1. The maximum absolute atomic E-state index is 12.3. The van der Waals surface area contributed by atoms with Crippen LogP contribution in [0.2, 0.25) is 0 Å². The normalized spacial score (nSPS) is 22.5. The first-order chi connectivity index (χ1) is 9.89. The van der Waals surface area contributed by atoms with E-state index >= 15 is 0 Å². The van der Waals surface area contributed by atoms with E-state index in [1.165, 1.54) is 0 Å². The first-order valence-electron chi connectivity index (χ1n) is 7.22. The van der Waals surface area contributed by atoms with Gasteiger partial charge in [-0.1, -0.05) is 26.0 Å². The molecule has 1 aliphatic heterocycles. The van der Waals surface area contributed by atoms with Crippen LogP contribution >= 0.6 is 0 Å². The van der Waals surface area contributed by atoms with Gasteiger partial charge in [0.2, 0.25) is 0 Å². The summed E-state index contributed by atoms with van der Waals surface area (Å²) in [4.78, 5) is 13.8. The second-order valence-electron chi connectivity index (χ2n) is 5.32. The molecule has 6 heteroatoms. The van der Waals surface area contributed by atoms with E-state index in [0.717, 1.165) is 6.42 Å². The van der Waals surface area contributed by atoms with Crippen molar-refractivity contribution in [2.75, 3.05) is 17.2 Å². The molecule has 116 valence electrons. The Bertz CT molecular complexity index is 641. The number of nitrogens with zero attached hydrogens (tertiary/aromatic N) is 1. The molecule has 1 fully saturated rings. The monoisotopic (exact) mass is 311 g/mol. The Morgan fingerprint density at radius 2 is 2.00 bits per heavy atom. The third-order valence-electron chi connectivity index (χ3n) is 4.34. The van der Waals surface area contributed by atoms with Crippen molar-refractivity contribution in [1.29, 1.82) is 0 Å². The van der Waals surface area contributed by atoms with Crippen LogP contribution < -0.4 is 4.90 Å². The molecule has 1 N–H and O–H groups in total. The summed E-state index contributed by atoms with van der Waals surface area (Å²) in [6, 6.07) is 6.71. The maximum Gasteiger partial charge on any atom is 0.329 e. The van der Waals surface area contributed by atoms with Crippen molar-refractivity contribution in [2.45, 2.75) is 43.5 Å². The van der Waals surface area contributed by atoms with Crippen molar-refractivity contribution in [3.63, 3.8) is 0 Å². The fourth-order valence-electron chi connectivity index (χ4n) is 3.07. The molecule has 1 saturated heterocycles. The lowest BCUT2D eigenvalue weighted by Crippen LogP contribution is -2.50. The number of benzene rings is 1. The fourth-order valence-corrected chi connectivity index (χ4v) is 4.16. The summed E-state index contributed by atoms with van der Waals surface area (Å²) < 4.78 is 24.5. The molecule has 0 bridgehead atoms. The topological polar surface area (TPSA) is 74.7 Å². The second kappa shape index (κ2) is 5.67. The Balaban J connectivity index is 2.60. The number of rotatable bonds is 5. The van der Waals surface area contributed by atoms with Gasteiger partial charge in [0.15, 0.2) is 9.84 Å². The molecular formula is C15H21NO4S. The van der Waals surface area contributed by atoms with Crippen LogP contribution in [0, 0.1) is 0 Å². The Hall–Kier alpha value is -1.56. The van der Waals surface area contributed by atoms with Gasteiger partial charge in [0.05, 0.1) is 16.3 Å². The highest BCUT2D eigenvalue weighted by Gasteiger charge is 2.47. The minimum Gasteiger partial charge on any atom is -0.479 e. The van der Waals surface area contributed by atoms with E-state index in [2.05, 4.69) is 0 Å². The quantitative estimate of drug-likeness (QED) is 0.903. The zero-order chi connectivity index (χ0) is 15.7. The molecule has 1 atom stereocenters. The Morgan fingerprint density at radius 3 is 2.57 bits per heavy atom. The zero-order valence-electron chi connectivity index (χ0n) is 12.4. The third kappa shape index (κ3) is 2.52. The molecule has 0 aliphatic carbocycles. The highest BCUT2D eigenvalue weighted by molar-refractivity contribution is 7.91. The second-order valence-corrected chi connectivity index (χ2v) is 7.56. The van der Waals surface area contributed by atoms with Crippen LogP contribution in [0.5, 0.6) is 0 Å². The number of sulfone groups is 1. The van der Waals surface area contributed by atoms with Gasteiger partial charge in [0.1, 0.15) is 5.54 Å². The molecule has 0 aromatic heterocycles.